The highest BCUT2D eigenvalue weighted by Gasteiger charge is 2.18. The molecule has 3 heterocycles. The Morgan fingerprint density at radius 3 is 2.40 bits per heavy atom. The van der Waals surface area contributed by atoms with E-state index in [2.05, 4.69) is 20.4 Å². The van der Waals surface area contributed by atoms with Gasteiger partial charge in [-0.05, 0) is 45.0 Å². The van der Waals surface area contributed by atoms with Crippen molar-refractivity contribution in [3.63, 3.8) is 0 Å². The van der Waals surface area contributed by atoms with Crippen LogP contribution < -0.4 is 10.1 Å². The molecule has 0 aliphatic carbocycles. The summed E-state index contributed by atoms with van der Waals surface area (Å²) in [7, 11) is 1.50. The number of nitrogens with one attached hydrogen (secondary N) is 1. The molecule has 0 fully saturated rings. The standard InChI is InChI=1S/C20H21N5O5/c1-20(2,3)30-19(28)23-16-7-5-12(10-21-16)15-9-14(18(26)27)24-25(15)13-6-8-17(29-4)22-11-13/h5-11H,1-4H3,(H,26,27)(H,21,23,28). The van der Waals surface area contributed by atoms with E-state index >= 15 is 0 Å². The molecule has 156 valence electrons. The highest BCUT2D eigenvalue weighted by Crippen LogP contribution is 2.25. The molecule has 2 N–H and O–H groups in total. The maximum Gasteiger partial charge on any atom is 0.413 e. The Labute approximate surface area is 172 Å². The van der Waals surface area contributed by atoms with Crippen molar-refractivity contribution in [3.05, 3.63) is 48.4 Å². The number of aromatic carboxylic acids is 1. The molecule has 0 atom stereocenters. The molecular weight excluding hydrogens is 390 g/mol. The number of carboxylic acid groups (broad SMARTS) is 1. The minimum absolute atomic E-state index is 0.128. The molecule has 0 bridgehead atoms. The molecule has 0 aliphatic rings. The summed E-state index contributed by atoms with van der Waals surface area (Å²) < 4.78 is 11.7. The van der Waals surface area contributed by atoms with Crippen LogP contribution in [0, 0.1) is 0 Å². The highest BCUT2D eigenvalue weighted by molar-refractivity contribution is 5.87. The molecular formula is C20H21N5O5. The monoisotopic (exact) mass is 411 g/mol. The van der Waals surface area contributed by atoms with Crippen molar-refractivity contribution in [1.82, 2.24) is 19.7 Å². The predicted octanol–water partition coefficient (Wildman–Crippen LogP) is 3.38. The SMILES string of the molecule is COc1ccc(-n2nc(C(=O)O)cc2-c2ccc(NC(=O)OC(C)(C)C)nc2)cn1. The van der Waals surface area contributed by atoms with Crippen LogP contribution in [0.1, 0.15) is 31.3 Å². The summed E-state index contributed by atoms with van der Waals surface area (Å²) in [5, 5.41) is 16.0. The van der Waals surface area contributed by atoms with Gasteiger partial charge in [-0.15, -0.1) is 0 Å². The Morgan fingerprint density at radius 1 is 1.10 bits per heavy atom. The number of carbonyl (C=O) groups is 2. The van der Waals surface area contributed by atoms with Crippen molar-refractivity contribution < 1.29 is 24.2 Å². The van der Waals surface area contributed by atoms with E-state index < -0.39 is 17.7 Å². The Bertz CT molecular complexity index is 1050. The van der Waals surface area contributed by atoms with Crippen molar-refractivity contribution >= 4 is 17.9 Å². The van der Waals surface area contributed by atoms with E-state index in [1.807, 2.05) is 0 Å². The molecule has 3 aromatic heterocycles. The first kappa shape index (κ1) is 20.8. The van der Waals surface area contributed by atoms with Gasteiger partial charge >= 0.3 is 12.1 Å². The maximum atomic E-state index is 11.9. The molecule has 0 saturated heterocycles. The number of hydrogen-bond donors (Lipinski definition) is 2. The first-order valence-electron chi connectivity index (χ1n) is 8.96. The van der Waals surface area contributed by atoms with Crippen LogP contribution in [0.25, 0.3) is 16.9 Å². The van der Waals surface area contributed by atoms with Gasteiger partial charge in [0.25, 0.3) is 0 Å². The number of methoxy groups -OCH3 is 1. The van der Waals surface area contributed by atoms with Gasteiger partial charge in [0.1, 0.15) is 11.4 Å². The third-order valence-electron chi connectivity index (χ3n) is 3.79. The van der Waals surface area contributed by atoms with Crippen LogP contribution in [0.4, 0.5) is 10.6 Å². The average molecular weight is 411 g/mol. The van der Waals surface area contributed by atoms with E-state index in [1.54, 1.807) is 45.0 Å². The van der Waals surface area contributed by atoms with Gasteiger partial charge in [-0.2, -0.15) is 5.10 Å². The number of hydrogen-bond acceptors (Lipinski definition) is 7. The summed E-state index contributed by atoms with van der Waals surface area (Å²) in [5.41, 5.74) is 0.887. The lowest BCUT2D eigenvalue weighted by molar-refractivity contribution is 0.0633. The third kappa shape index (κ3) is 4.90. The van der Waals surface area contributed by atoms with E-state index in [1.165, 1.54) is 30.3 Å². The van der Waals surface area contributed by atoms with Gasteiger partial charge in [0.15, 0.2) is 5.69 Å². The zero-order chi connectivity index (χ0) is 21.9. The Balaban J connectivity index is 1.91. The van der Waals surface area contributed by atoms with Crippen LogP contribution in [-0.4, -0.2) is 49.6 Å². The van der Waals surface area contributed by atoms with E-state index in [-0.39, 0.29) is 5.69 Å². The van der Waals surface area contributed by atoms with Crippen molar-refractivity contribution in [1.29, 1.82) is 0 Å². The van der Waals surface area contributed by atoms with Crippen molar-refractivity contribution in [2.45, 2.75) is 26.4 Å². The summed E-state index contributed by atoms with van der Waals surface area (Å²) in [6, 6.07) is 8.07. The number of carboxylic acids is 1. The molecule has 0 unspecified atom stereocenters. The van der Waals surface area contributed by atoms with Crippen molar-refractivity contribution in [2.75, 3.05) is 12.4 Å². The number of rotatable bonds is 5. The molecule has 0 aromatic carbocycles. The van der Waals surface area contributed by atoms with Crippen molar-refractivity contribution in [3.8, 4) is 22.8 Å². The Kier molecular flexibility index (Phi) is 5.67. The molecule has 0 aliphatic heterocycles. The topological polar surface area (TPSA) is 128 Å². The fourth-order valence-electron chi connectivity index (χ4n) is 2.53. The first-order valence-corrected chi connectivity index (χ1v) is 8.96. The zero-order valence-corrected chi connectivity index (χ0v) is 16.9. The second kappa shape index (κ2) is 8.19. The van der Waals surface area contributed by atoms with Crippen LogP contribution in [0.5, 0.6) is 5.88 Å². The van der Waals surface area contributed by atoms with Gasteiger partial charge in [0.05, 0.1) is 24.7 Å². The van der Waals surface area contributed by atoms with E-state index in [9.17, 15) is 14.7 Å². The average Bonchev–Trinajstić information content (AvgIpc) is 3.13. The normalized spacial score (nSPS) is 11.1. The first-order chi connectivity index (χ1) is 14.2. The number of ether oxygens (including phenoxy) is 2. The number of anilines is 1. The zero-order valence-electron chi connectivity index (χ0n) is 16.9. The van der Waals surface area contributed by atoms with Gasteiger partial charge in [-0.25, -0.2) is 24.2 Å². The summed E-state index contributed by atoms with van der Waals surface area (Å²) in [4.78, 5) is 31.6. The lowest BCUT2D eigenvalue weighted by Gasteiger charge is -2.19. The van der Waals surface area contributed by atoms with Crippen LogP contribution in [0.3, 0.4) is 0 Å². The fourth-order valence-corrected chi connectivity index (χ4v) is 2.53. The molecule has 10 nitrogen and oxygen atoms in total. The minimum atomic E-state index is -1.16. The summed E-state index contributed by atoms with van der Waals surface area (Å²) in [6.45, 7) is 5.29. The van der Waals surface area contributed by atoms with Gasteiger partial charge in [0, 0.05) is 17.8 Å². The van der Waals surface area contributed by atoms with E-state index in [0.717, 1.165) is 0 Å². The van der Waals surface area contributed by atoms with E-state index in [4.69, 9.17) is 9.47 Å². The number of pyridine rings is 2. The molecule has 0 saturated carbocycles. The predicted molar refractivity (Wildman–Crippen MR) is 108 cm³/mol. The van der Waals surface area contributed by atoms with Crippen LogP contribution in [-0.2, 0) is 4.74 Å². The minimum Gasteiger partial charge on any atom is -0.481 e. The lowest BCUT2D eigenvalue weighted by atomic mass is 10.2. The summed E-state index contributed by atoms with van der Waals surface area (Å²) in [5.74, 6) is -0.443. The molecule has 30 heavy (non-hydrogen) atoms. The fraction of sp³-hybridized carbons (Fsp3) is 0.250. The Hall–Kier alpha value is -3.95. The van der Waals surface area contributed by atoms with Crippen molar-refractivity contribution in [2.24, 2.45) is 0 Å². The van der Waals surface area contributed by atoms with E-state index in [0.29, 0.717) is 28.6 Å². The molecule has 10 heteroatoms. The van der Waals surface area contributed by atoms with Gasteiger partial charge < -0.3 is 14.6 Å². The summed E-state index contributed by atoms with van der Waals surface area (Å²) >= 11 is 0. The van der Waals surface area contributed by atoms with Crippen LogP contribution in [0.2, 0.25) is 0 Å². The molecule has 0 spiro atoms. The van der Waals surface area contributed by atoms with Gasteiger partial charge in [0.2, 0.25) is 5.88 Å². The molecule has 3 aromatic rings. The number of nitrogens with zero attached hydrogens (tertiary/aromatic N) is 4. The maximum absolute atomic E-state index is 11.9. The quantitative estimate of drug-likeness (QED) is 0.654. The van der Waals surface area contributed by atoms with Gasteiger partial charge in [-0.3, -0.25) is 5.32 Å². The number of aromatic nitrogens is 4. The molecule has 1 amide bonds. The highest BCUT2D eigenvalue weighted by atomic mass is 16.6. The Morgan fingerprint density at radius 2 is 1.87 bits per heavy atom. The van der Waals surface area contributed by atoms with Crippen LogP contribution in [0.15, 0.2) is 42.7 Å². The number of amides is 1. The smallest absolute Gasteiger partial charge is 0.413 e. The lowest BCUT2D eigenvalue weighted by Crippen LogP contribution is -2.27. The third-order valence-corrected chi connectivity index (χ3v) is 3.79. The molecule has 3 rings (SSSR count). The van der Waals surface area contributed by atoms with Crippen LogP contribution >= 0.6 is 0 Å². The second-order valence-corrected chi connectivity index (χ2v) is 7.25. The number of carbonyl (C=O) groups excluding carboxylic acids is 1. The second-order valence-electron chi connectivity index (χ2n) is 7.25. The molecule has 0 radical (unpaired) electrons. The van der Waals surface area contributed by atoms with Gasteiger partial charge in [-0.1, -0.05) is 0 Å². The largest absolute Gasteiger partial charge is 0.481 e. The summed E-state index contributed by atoms with van der Waals surface area (Å²) in [6.07, 6.45) is 2.40.